The van der Waals surface area contributed by atoms with E-state index in [1.54, 1.807) is 17.9 Å². The van der Waals surface area contributed by atoms with Gasteiger partial charge in [0.1, 0.15) is 5.69 Å². The van der Waals surface area contributed by atoms with Crippen molar-refractivity contribution in [2.45, 2.75) is 13.5 Å². The number of likely N-dealkylation sites (N-methyl/N-ethyl adjacent to an activating group) is 1. The molecular formula is C8H12ClN3O. The fourth-order valence-electron chi connectivity index (χ4n) is 1.12. The first kappa shape index (κ1) is 10.2. The van der Waals surface area contributed by atoms with Crippen molar-refractivity contribution in [1.29, 1.82) is 0 Å². The minimum absolute atomic E-state index is 0.0353. The van der Waals surface area contributed by atoms with E-state index in [2.05, 4.69) is 10.3 Å². The molecule has 0 aliphatic heterocycles. The summed E-state index contributed by atoms with van der Waals surface area (Å²) in [6, 6.07) is 0. The van der Waals surface area contributed by atoms with E-state index in [4.69, 9.17) is 11.6 Å². The fourth-order valence-corrected chi connectivity index (χ4v) is 1.37. The molecule has 1 aromatic heterocycles. The van der Waals surface area contributed by atoms with Gasteiger partial charge >= 0.3 is 0 Å². The highest BCUT2D eigenvalue weighted by atomic mass is 35.5. The number of hydrogen-bond acceptors (Lipinski definition) is 3. The maximum absolute atomic E-state index is 11.5. The molecule has 1 rings (SSSR count). The Morgan fingerprint density at radius 2 is 2.46 bits per heavy atom. The first-order valence-electron chi connectivity index (χ1n) is 4.09. The third-order valence-corrected chi connectivity index (χ3v) is 2.01. The van der Waals surface area contributed by atoms with E-state index in [-0.39, 0.29) is 17.5 Å². The molecular weight excluding hydrogens is 190 g/mol. The van der Waals surface area contributed by atoms with Gasteiger partial charge in [-0.1, -0.05) is 11.6 Å². The lowest BCUT2D eigenvalue weighted by molar-refractivity contribution is 0.0985. The summed E-state index contributed by atoms with van der Waals surface area (Å²) in [6.45, 7) is 2.92. The van der Waals surface area contributed by atoms with Crippen LogP contribution in [0.2, 0.25) is 5.15 Å². The molecule has 0 amide bonds. The van der Waals surface area contributed by atoms with Gasteiger partial charge in [-0.15, -0.1) is 0 Å². The van der Waals surface area contributed by atoms with Crippen molar-refractivity contribution in [1.82, 2.24) is 14.9 Å². The van der Waals surface area contributed by atoms with Crippen molar-refractivity contribution in [3.8, 4) is 0 Å². The zero-order valence-corrected chi connectivity index (χ0v) is 8.43. The molecule has 0 aliphatic rings. The summed E-state index contributed by atoms with van der Waals surface area (Å²) in [5, 5.41) is 3.06. The summed E-state index contributed by atoms with van der Waals surface area (Å²) >= 11 is 5.77. The Kier molecular flexibility index (Phi) is 3.45. The maximum atomic E-state index is 11.5. The molecule has 0 fully saturated rings. The second kappa shape index (κ2) is 4.39. The topological polar surface area (TPSA) is 46.9 Å². The van der Waals surface area contributed by atoms with E-state index in [0.717, 1.165) is 0 Å². The third kappa shape index (κ3) is 2.08. The predicted octanol–water partition coefficient (Wildman–Crippen LogP) is 0.958. The number of Topliss-reactive ketones (excluding diaryl/α,β-unsaturated/α-hetero) is 1. The molecule has 0 spiro atoms. The number of nitrogens with zero attached hydrogens (tertiary/aromatic N) is 2. The van der Waals surface area contributed by atoms with Crippen LogP contribution in [0.4, 0.5) is 0 Å². The Balaban J connectivity index is 2.96. The van der Waals surface area contributed by atoms with Crippen LogP contribution in [-0.2, 0) is 6.54 Å². The van der Waals surface area contributed by atoms with Gasteiger partial charge in [0.15, 0.2) is 10.9 Å². The molecule has 4 nitrogen and oxygen atoms in total. The molecule has 1 N–H and O–H groups in total. The van der Waals surface area contributed by atoms with Crippen LogP contribution in [0.1, 0.15) is 17.4 Å². The number of carbonyl (C=O) groups is 1. The first-order chi connectivity index (χ1) is 6.20. The maximum Gasteiger partial charge on any atom is 0.196 e. The van der Waals surface area contributed by atoms with Gasteiger partial charge < -0.3 is 9.88 Å². The second-order valence-corrected chi connectivity index (χ2v) is 2.98. The lowest BCUT2D eigenvalue weighted by atomic mass is 10.3. The minimum atomic E-state index is -0.0353. The Morgan fingerprint density at radius 1 is 1.77 bits per heavy atom. The summed E-state index contributed by atoms with van der Waals surface area (Å²) in [6.07, 6.45) is 1.57. The second-order valence-electron chi connectivity index (χ2n) is 2.62. The average molecular weight is 202 g/mol. The van der Waals surface area contributed by atoms with Crippen LogP contribution in [0.3, 0.4) is 0 Å². The molecule has 1 heterocycles. The minimum Gasteiger partial charge on any atom is -0.327 e. The van der Waals surface area contributed by atoms with Crippen molar-refractivity contribution in [3.63, 3.8) is 0 Å². The number of aromatic nitrogens is 2. The van der Waals surface area contributed by atoms with Crippen LogP contribution in [0.15, 0.2) is 6.33 Å². The third-order valence-electron chi connectivity index (χ3n) is 1.74. The number of imidazole rings is 1. The number of rotatable bonds is 4. The Morgan fingerprint density at radius 3 is 3.00 bits per heavy atom. The van der Waals surface area contributed by atoms with E-state index in [1.807, 2.05) is 6.92 Å². The number of ketones is 1. The molecule has 0 atom stereocenters. The Hall–Kier alpha value is -0.870. The molecule has 0 saturated carbocycles. The SMILES string of the molecule is CCn1cnc(Cl)c1C(=O)CNC. The lowest BCUT2D eigenvalue weighted by Gasteiger charge is -2.03. The lowest BCUT2D eigenvalue weighted by Crippen LogP contribution is -2.21. The summed E-state index contributed by atoms with van der Waals surface area (Å²) in [5.74, 6) is -0.0353. The Labute approximate surface area is 81.9 Å². The van der Waals surface area contributed by atoms with E-state index < -0.39 is 0 Å². The molecule has 0 saturated heterocycles. The van der Waals surface area contributed by atoms with Gasteiger partial charge in [0.05, 0.1) is 12.9 Å². The molecule has 0 aliphatic carbocycles. The summed E-state index contributed by atoms with van der Waals surface area (Å²) in [5.41, 5.74) is 0.485. The quantitative estimate of drug-likeness (QED) is 0.739. The number of aryl methyl sites for hydroxylation is 1. The summed E-state index contributed by atoms with van der Waals surface area (Å²) in [7, 11) is 1.72. The van der Waals surface area contributed by atoms with Crippen molar-refractivity contribution >= 4 is 17.4 Å². The molecule has 0 unspecified atom stereocenters. The van der Waals surface area contributed by atoms with Crippen LogP contribution >= 0.6 is 11.6 Å². The van der Waals surface area contributed by atoms with Crippen LogP contribution in [-0.4, -0.2) is 28.9 Å². The highest BCUT2D eigenvalue weighted by Crippen LogP contribution is 2.13. The summed E-state index contributed by atoms with van der Waals surface area (Å²) in [4.78, 5) is 15.4. The van der Waals surface area contributed by atoms with Crippen molar-refractivity contribution in [2.24, 2.45) is 0 Å². The normalized spacial score (nSPS) is 10.4. The first-order valence-corrected chi connectivity index (χ1v) is 4.47. The van der Waals surface area contributed by atoms with Crippen LogP contribution in [0.5, 0.6) is 0 Å². The Bertz CT molecular complexity index is 308. The van der Waals surface area contributed by atoms with E-state index in [0.29, 0.717) is 12.2 Å². The average Bonchev–Trinajstić information content (AvgIpc) is 2.47. The molecule has 13 heavy (non-hydrogen) atoms. The number of carbonyl (C=O) groups excluding carboxylic acids is 1. The van der Waals surface area contributed by atoms with Crippen molar-refractivity contribution in [2.75, 3.05) is 13.6 Å². The molecule has 5 heteroatoms. The largest absolute Gasteiger partial charge is 0.327 e. The van der Waals surface area contributed by atoms with E-state index in [9.17, 15) is 4.79 Å². The predicted molar refractivity (Wildman–Crippen MR) is 51.2 cm³/mol. The van der Waals surface area contributed by atoms with Gasteiger partial charge in [-0.3, -0.25) is 4.79 Å². The zero-order valence-electron chi connectivity index (χ0n) is 7.67. The highest BCUT2D eigenvalue weighted by Gasteiger charge is 2.15. The monoisotopic (exact) mass is 201 g/mol. The summed E-state index contributed by atoms with van der Waals surface area (Å²) < 4.78 is 1.74. The molecule has 0 bridgehead atoms. The smallest absolute Gasteiger partial charge is 0.196 e. The van der Waals surface area contributed by atoms with E-state index >= 15 is 0 Å². The van der Waals surface area contributed by atoms with Crippen LogP contribution in [0, 0.1) is 0 Å². The molecule has 0 aromatic carbocycles. The fraction of sp³-hybridized carbons (Fsp3) is 0.500. The number of hydrogen-bond donors (Lipinski definition) is 1. The van der Waals surface area contributed by atoms with Gasteiger partial charge in [-0.05, 0) is 14.0 Å². The van der Waals surface area contributed by atoms with Crippen LogP contribution in [0.25, 0.3) is 0 Å². The van der Waals surface area contributed by atoms with E-state index in [1.165, 1.54) is 0 Å². The number of halogens is 1. The molecule has 1 aromatic rings. The van der Waals surface area contributed by atoms with Crippen molar-refractivity contribution in [3.05, 3.63) is 17.2 Å². The highest BCUT2D eigenvalue weighted by molar-refractivity contribution is 6.32. The van der Waals surface area contributed by atoms with Gasteiger partial charge in [0.2, 0.25) is 0 Å². The zero-order chi connectivity index (χ0) is 9.84. The number of nitrogens with one attached hydrogen (secondary N) is 1. The van der Waals surface area contributed by atoms with Gasteiger partial charge in [0, 0.05) is 6.54 Å². The van der Waals surface area contributed by atoms with Crippen molar-refractivity contribution < 1.29 is 4.79 Å². The standard InChI is InChI=1S/C8H12ClN3O/c1-3-12-5-11-8(9)7(12)6(13)4-10-2/h5,10H,3-4H2,1-2H3. The molecule has 72 valence electrons. The van der Waals surface area contributed by atoms with Crippen LogP contribution < -0.4 is 5.32 Å². The van der Waals surface area contributed by atoms with Gasteiger partial charge in [-0.2, -0.15) is 0 Å². The van der Waals surface area contributed by atoms with Gasteiger partial charge in [-0.25, -0.2) is 4.98 Å². The molecule has 0 radical (unpaired) electrons. The van der Waals surface area contributed by atoms with Gasteiger partial charge in [0.25, 0.3) is 0 Å².